The van der Waals surface area contributed by atoms with Crippen LogP contribution in [0.1, 0.15) is 30.2 Å². The minimum Gasteiger partial charge on any atom is -0.352 e. The fourth-order valence-electron chi connectivity index (χ4n) is 5.25. The van der Waals surface area contributed by atoms with Gasteiger partial charge in [0, 0.05) is 38.8 Å². The van der Waals surface area contributed by atoms with Gasteiger partial charge in [0.25, 0.3) is 0 Å². The number of rotatable bonds is 7. The molecule has 5 heterocycles. The molecular formula is C31H31N5S. The average molecular weight is 506 g/mol. The van der Waals surface area contributed by atoms with Crippen molar-refractivity contribution in [3.05, 3.63) is 89.6 Å². The standard InChI is InChI=1S/C31H31N5S/c1-4-21(19-36-12-6-7-13-36)14-22(5-2)23-9-10-27-25(15-23)31(35-34-27)28-16-24-26(17-32-18-29(24)33-28)30-11-8-20(3)37-30/h4-5,8-11,14-18,33H,1,6-7,12-13,19H2,2-3H3,(H,34,35)/b21-14+,22-5+. The molecule has 2 N–H and O–H groups in total. The molecule has 0 saturated carbocycles. The summed E-state index contributed by atoms with van der Waals surface area (Å²) in [4.78, 5) is 13.1. The van der Waals surface area contributed by atoms with Gasteiger partial charge in [-0.2, -0.15) is 5.10 Å². The van der Waals surface area contributed by atoms with Gasteiger partial charge in [-0.3, -0.25) is 15.0 Å². The van der Waals surface area contributed by atoms with E-state index in [1.54, 1.807) is 11.3 Å². The zero-order chi connectivity index (χ0) is 25.4. The summed E-state index contributed by atoms with van der Waals surface area (Å²) in [6.07, 6.45) is 12.9. The Labute approximate surface area is 221 Å². The van der Waals surface area contributed by atoms with Crippen LogP contribution in [-0.2, 0) is 0 Å². The summed E-state index contributed by atoms with van der Waals surface area (Å²) in [6.45, 7) is 11.6. The smallest absolute Gasteiger partial charge is 0.116 e. The van der Waals surface area contributed by atoms with Gasteiger partial charge in [0.05, 0.1) is 22.9 Å². The highest BCUT2D eigenvalue weighted by Gasteiger charge is 2.16. The van der Waals surface area contributed by atoms with E-state index < -0.39 is 0 Å². The van der Waals surface area contributed by atoms with E-state index in [0.717, 1.165) is 45.3 Å². The van der Waals surface area contributed by atoms with Gasteiger partial charge in [0.15, 0.2) is 0 Å². The number of nitrogens with one attached hydrogen (secondary N) is 2. The Morgan fingerprint density at radius 2 is 1.95 bits per heavy atom. The minimum absolute atomic E-state index is 0.918. The number of H-pyrrole nitrogens is 2. The number of benzene rings is 1. The Balaban J connectivity index is 1.38. The largest absolute Gasteiger partial charge is 0.352 e. The molecule has 5 nitrogen and oxygen atoms in total. The molecule has 37 heavy (non-hydrogen) atoms. The minimum atomic E-state index is 0.918. The highest BCUT2D eigenvalue weighted by molar-refractivity contribution is 7.15. The molecule has 1 aliphatic heterocycles. The first-order chi connectivity index (χ1) is 18.1. The number of aryl methyl sites for hydroxylation is 1. The first-order valence-electron chi connectivity index (χ1n) is 12.9. The summed E-state index contributed by atoms with van der Waals surface area (Å²) in [5, 5.41) is 10.2. The van der Waals surface area contributed by atoms with Crippen LogP contribution in [0.4, 0.5) is 0 Å². The number of fused-ring (bicyclic) bond motifs is 2. The Hall–Kier alpha value is -3.74. The number of nitrogens with zero attached hydrogens (tertiary/aromatic N) is 3. The predicted molar refractivity (Wildman–Crippen MR) is 157 cm³/mol. The molecule has 0 spiro atoms. The van der Waals surface area contributed by atoms with E-state index in [-0.39, 0.29) is 0 Å². The molecule has 6 rings (SSSR count). The zero-order valence-electron chi connectivity index (χ0n) is 21.3. The normalized spacial score (nSPS) is 15.3. The lowest BCUT2D eigenvalue weighted by Crippen LogP contribution is -2.21. The summed E-state index contributed by atoms with van der Waals surface area (Å²) in [6, 6.07) is 13.1. The third-order valence-electron chi connectivity index (χ3n) is 7.22. The molecule has 1 aromatic carbocycles. The highest BCUT2D eigenvalue weighted by atomic mass is 32.1. The molecule has 0 unspecified atom stereocenters. The maximum absolute atomic E-state index is 4.71. The Kier molecular flexibility index (Phi) is 6.37. The molecule has 4 aromatic heterocycles. The topological polar surface area (TPSA) is 60.6 Å². The fourth-order valence-corrected chi connectivity index (χ4v) is 6.15. The third-order valence-corrected chi connectivity index (χ3v) is 8.26. The average Bonchev–Trinajstić information content (AvgIpc) is 3.72. The van der Waals surface area contributed by atoms with Crippen LogP contribution in [0.2, 0.25) is 0 Å². The van der Waals surface area contributed by atoms with Crippen molar-refractivity contribution < 1.29 is 0 Å². The van der Waals surface area contributed by atoms with Gasteiger partial charge in [-0.15, -0.1) is 11.3 Å². The predicted octanol–water partition coefficient (Wildman–Crippen LogP) is 7.75. The lowest BCUT2D eigenvalue weighted by Gasteiger charge is -2.15. The van der Waals surface area contributed by atoms with E-state index in [4.69, 9.17) is 5.10 Å². The van der Waals surface area contributed by atoms with E-state index in [1.807, 2.05) is 18.5 Å². The molecule has 1 aliphatic rings. The number of aromatic amines is 2. The van der Waals surface area contributed by atoms with Crippen molar-refractivity contribution in [3.63, 3.8) is 0 Å². The molecule has 0 radical (unpaired) electrons. The van der Waals surface area contributed by atoms with Crippen molar-refractivity contribution in [2.24, 2.45) is 0 Å². The van der Waals surface area contributed by atoms with Crippen molar-refractivity contribution in [2.75, 3.05) is 19.6 Å². The van der Waals surface area contributed by atoms with E-state index in [1.165, 1.54) is 52.4 Å². The second-order valence-electron chi connectivity index (χ2n) is 9.72. The van der Waals surface area contributed by atoms with Crippen LogP contribution >= 0.6 is 11.3 Å². The van der Waals surface area contributed by atoms with Crippen molar-refractivity contribution in [3.8, 4) is 21.8 Å². The molecule has 0 bridgehead atoms. The summed E-state index contributed by atoms with van der Waals surface area (Å²) < 4.78 is 0. The van der Waals surface area contributed by atoms with Crippen LogP contribution in [-0.4, -0.2) is 44.7 Å². The SMILES string of the molecule is C=C/C(=C\C(=C/C)c1ccc2[nH]nc(-c3cc4c(-c5ccc(C)s5)cncc4[nH]3)c2c1)CN1CCCC1. The Morgan fingerprint density at radius 1 is 1.08 bits per heavy atom. The van der Waals surface area contributed by atoms with E-state index >= 15 is 0 Å². The molecule has 1 fully saturated rings. The number of pyridine rings is 1. The first kappa shape index (κ1) is 23.6. The van der Waals surface area contributed by atoms with Crippen LogP contribution in [0.5, 0.6) is 0 Å². The van der Waals surface area contributed by atoms with E-state index in [9.17, 15) is 0 Å². The van der Waals surface area contributed by atoms with Crippen LogP contribution in [0.15, 0.2) is 79.2 Å². The lowest BCUT2D eigenvalue weighted by atomic mass is 10.00. The van der Waals surface area contributed by atoms with Gasteiger partial charge >= 0.3 is 0 Å². The maximum Gasteiger partial charge on any atom is 0.116 e. The van der Waals surface area contributed by atoms with E-state index in [0.29, 0.717) is 0 Å². The summed E-state index contributed by atoms with van der Waals surface area (Å²) in [5.41, 5.74) is 8.70. The van der Waals surface area contributed by atoms with Crippen molar-refractivity contribution >= 4 is 38.7 Å². The Bertz CT molecular complexity index is 1660. The second kappa shape index (κ2) is 9.96. The third kappa shape index (κ3) is 4.59. The summed E-state index contributed by atoms with van der Waals surface area (Å²) in [7, 11) is 0. The number of aromatic nitrogens is 4. The number of hydrogen-bond donors (Lipinski definition) is 2. The van der Waals surface area contributed by atoms with Gasteiger partial charge in [-0.25, -0.2) is 0 Å². The van der Waals surface area contributed by atoms with Gasteiger partial charge in [-0.1, -0.05) is 30.9 Å². The summed E-state index contributed by atoms with van der Waals surface area (Å²) >= 11 is 1.79. The van der Waals surface area contributed by atoms with E-state index in [2.05, 4.69) is 88.9 Å². The van der Waals surface area contributed by atoms with Gasteiger partial charge in [0.1, 0.15) is 5.69 Å². The van der Waals surface area contributed by atoms with Gasteiger partial charge in [0.2, 0.25) is 0 Å². The van der Waals surface area contributed by atoms with Crippen LogP contribution in [0.25, 0.3) is 49.2 Å². The fraction of sp³-hybridized carbons (Fsp3) is 0.226. The number of hydrogen-bond acceptors (Lipinski definition) is 4. The quantitative estimate of drug-likeness (QED) is 0.222. The monoisotopic (exact) mass is 505 g/mol. The number of likely N-dealkylation sites (tertiary alicyclic amines) is 1. The summed E-state index contributed by atoms with van der Waals surface area (Å²) in [5.74, 6) is 0. The Morgan fingerprint density at radius 3 is 2.70 bits per heavy atom. The molecule has 1 saturated heterocycles. The van der Waals surface area contributed by atoms with Crippen LogP contribution in [0.3, 0.4) is 0 Å². The molecule has 0 atom stereocenters. The maximum atomic E-state index is 4.71. The highest BCUT2D eigenvalue weighted by Crippen LogP contribution is 2.36. The van der Waals surface area contributed by atoms with Gasteiger partial charge < -0.3 is 4.98 Å². The van der Waals surface area contributed by atoms with Crippen LogP contribution < -0.4 is 0 Å². The second-order valence-corrected chi connectivity index (χ2v) is 11.0. The molecule has 186 valence electrons. The number of thiophene rings is 1. The van der Waals surface area contributed by atoms with Crippen molar-refractivity contribution in [2.45, 2.75) is 26.7 Å². The van der Waals surface area contributed by atoms with Gasteiger partial charge in [-0.05, 0) is 86.8 Å². The number of allylic oxidation sites excluding steroid dienone is 3. The lowest BCUT2D eigenvalue weighted by molar-refractivity contribution is 0.371. The molecule has 0 amide bonds. The molecular weight excluding hydrogens is 474 g/mol. The van der Waals surface area contributed by atoms with Crippen molar-refractivity contribution in [1.29, 1.82) is 0 Å². The zero-order valence-corrected chi connectivity index (χ0v) is 22.2. The first-order valence-corrected chi connectivity index (χ1v) is 13.7. The molecule has 0 aliphatic carbocycles. The van der Waals surface area contributed by atoms with Crippen LogP contribution in [0, 0.1) is 6.92 Å². The molecule has 6 heteroatoms. The van der Waals surface area contributed by atoms with Crippen molar-refractivity contribution in [1.82, 2.24) is 25.1 Å². The molecule has 5 aromatic rings.